The summed E-state index contributed by atoms with van der Waals surface area (Å²) < 4.78 is 16.0. The second kappa shape index (κ2) is 6.43. The minimum absolute atomic E-state index is 0.0893. The zero-order valence-corrected chi connectivity index (χ0v) is 16.8. The molecule has 3 aromatic rings. The third-order valence-corrected chi connectivity index (χ3v) is 7.28. The summed E-state index contributed by atoms with van der Waals surface area (Å²) in [5.74, 6) is 1.10. The molecular formula is C19H23FN6OS. The van der Waals surface area contributed by atoms with Crippen LogP contribution < -0.4 is 5.56 Å². The van der Waals surface area contributed by atoms with Crippen LogP contribution in [0.5, 0.6) is 0 Å². The lowest BCUT2D eigenvalue weighted by molar-refractivity contribution is 0.103. The number of hydrogen-bond donors (Lipinski definition) is 1. The molecule has 2 saturated carbocycles. The molecule has 1 N–H and O–H groups in total. The number of nitrogens with one attached hydrogen (secondary N) is 1. The summed E-state index contributed by atoms with van der Waals surface area (Å²) in [6, 6.07) is 0.0893. The highest BCUT2D eigenvalue weighted by Gasteiger charge is 2.38. The van der Waals surface area contributed by atoms with Crippen molar-refractivity contribution in [3.63, 3.8) is 0 Å². The quantitative estimate of drug-likeness (QED) is 0.720. The van der Waals surface area contributed by atoms with Crippen molar-refractivity contribution in [2.24, 2.45) is 0 Å². The first-order valence-electron chi connectivity index (χ1n) is 9.88. The van der Waals surface area contributed by atoms with Crippen molar-refractivity contribution in [2.45, 2.75) is 75.9 Å². The maximum atomic E-state index is 14.2. The molecule has 0 spiro atoms. The van der Waals surface area contributed by atoms with E-state index in [2.05, 4.69) is 20.3 Å². The van der Waals surface area contributed by atoms with Crippen molar-refractivity contribution < 1.29 is 4.39 Å². The molecule has 2 atom stereocenters. The average molecular weight is 402 g/mol. The van der Waals surface area contributed by atoms with Crippen LogP contribution in [0.4, 0.5) is 4.39 Å². The van der Waals surface area contributed by atoms with Gasteiger partial charge in [-0.15, -0.1) is 21.5 Å². The number of alkyl halides is 1. The number of fused-ring (bicyclic) bond motifs is 1. The first kappa shape index (κ1) is 17.9. The molecule has 0 aliphatic heterocycles. The van der Waals surface area contributed by atoms with Crippen LogP contribution in [-0.4, -0.2) is 35.6 Å². The molecule has 0 bridgehead atoms. The van der Waals surface area contributed by atoms with Crippen molar-refractivity contribution in [1.29, 1.82) is 0 Å². The molecule has 9 heteroatoms. The van der Waals surface area contributed by atoms with Crippen molar-refractivity contribution in [3.05, 3.63) is 32.4 Å². The second-order valence-electron chi connectivity index (χ2n) is 8.37. The molecule has 3 heterocycles. The van der Waals surface area contributed by atoms with E-state index in [-0.39, 0.29) is 23.4 Å². The molecule has 28 heavy (non-hydrogen) atoms. The number of aryl methyl sites for hydroxylation is 1. The Bertz CT molecular complexity index is 1080. The van der Waals surface area contributed by atoms with Crippen molar-refractivity contribution >= 4 is 22.4 Å². The van der Waals surface area contributed by atoms with Gasteiger partial charge in [-0.25, -0.2) is 14.1 Å². The van der Waals surface area contributed by atoms with Gasteiger partial charge in [0.15, 0.2) is 5.65 Å². The zero-order chi connectivity index (χ0) is 19.5. The van der Waals surface area contributed by atoms with Crippen molar-refractivity contribution in [2.75, 3.05) is 0 Å². The van der Waals surface area contributed by atoms with Crippen molar-refractivity contribution in [3.8, 4) is 0 Å². The van der Waals surface area contributed by atoms with Gasteiger partial charge in [0.25, 0.3) is 5.56 Å². The van der Waals surface area contributed by atoms with E-state index in [4.69, 9.17) is 4.98 Å². The number of aromatic amines is 1. The van der Waals surface area contributed by atoms with Crippen LogP contribution in [0.15, 0.2) is 11.0 Å². The van der Waals surface area contributed by atoms with Gasteiger partial charge < -0.3 is 4.98 Å². The molecule has 0 aromatic carbocycles. The minimum atomic E-state index is -1.10. The Morgan fingerprint density at radius 3 is 2.61 bits per heavy atom. The smallest absolute Gasteiger partial charge is 0.262 e. The van der Waals surface area contributed by atoms with Gasteiger partial charge in [-0.05, 0) is 52.4 Å². The lowest BCUT2D eigenvalue weighted by Crippen LogP contribution is -2.29. The fraction of sp³-hybridized carbons (Fsp3) is 0.632. The Morgan fingerprint density at radius 2 is 1.96 bits per heavy atom. The van der Waals surface area contributed by atoms with E-state index in [0.29, 0.717) is 42.5 Å². The molecular weight excluding hydrogens is 379 g/mol. The molecule has 5 rings (SSSR count). The number of halogens is 1. The van der Waals surface area contributed by atoms with E-state index in [1.54, 1.807) is 24.5 Å². The third-order valence-electron chi connectivity index (χ3n) is 6.31. The first-order chi connectivity index (χ1) is 13.4. The molecule has 148 valence electrons. The molecule has 0 amide bonds. The highest BCUT2D eigenvalue weighted by atomic mass is 32.1. The fourth-order valence-corrected chi connectivity index (χ4v) is 5.33. The van der Waals surface area contributed by atoms with Crippen LogP contribution >= 0.6 is 11.3 Å². The highest BCUT2D eigenvalue weighted by molar-refractivity contribution is 7.11. The molecule has 3 aromatic heterocycles. The lowest BCUT2D eigenvalue weighted by atomic mass is 9.73. The highest BCUT2D eigenvalue weighted by Crippen LogP contribution is 2.48. The average Bonchev–Trinajstić information content (AvgIpc) is 3.21. The fourth-order valence-electron chi connectivity index (χ4n) is 4.43. The summed E-state index contributed by atoms with van der Waals surface area (Å²) in [5, 5.41) is 15.3. The summed E-state index contributed by atoms with van der Waals surface area (Å²) in [6.07, 6.45) is 6.02. The maximum absolute atomic E-state index is 14.2. The van der Waals surface area contributed by atoms with Gasteiger partial charge >= 0.3 is 0 Å². The van der Waals surface area contributed by atoms with Gasteiger partial charge in [-0.2, -0.15) is 5.10 Å². The minimum Gasteiger partial charge on any atom is -0.310 e. The Balaban J connectivity index is 1.49. The summed E-state index contributed by atoms with van der Waals surface area (Å²) in [6.45, 7) is 3.61. The van der Waals surface area contributed by atoms with E-state index in [1.165, 1.54) is 0 Å². The Labute approximate surface area is 165 Å². The predicted molar refractivity (Wildman–Crippen MR) is 105 cm³/mol. The summed E-state index contributed by atoms with van der Waals surface area (Å²) >= 11 is 1.61. The first-order valence-corrected chi connectivity index (χ1v) is 10.7. The van der Waals surface area contributed by atoms with E-state index in [9.17, 15) is 9.18 Å². The van der Waals surface area contributed by atoms with E-state index < -0.39 is 5.67 Å². The number of nitrogens with zero attached hydrogens (tertiary/aromatic N) is 5. The van der Waals surface area contributed by atoms with Crippen LogP contribution in [0.1, 0.15) is 79.2 Å². The Hall–Kier alpha value is -2.16. The van der Waals surface area contributed by atoms with Gasteiger partial charge in [-0.1, -0.05) is 0 Å². The summed E-state index contributed by atoms with van der Waals surface area (Å²) in [5.41, 5.74) is -0.643. The normalized spacial score (nSPS) is 30.5. The molecule has 2 unspecified atom stereocenters. The predicted octanol–water partition coefficient (Wildman–Crippen LogP) is 3.78. The topological polar surface area (TPSA) is 89.3 Å². The van der Waals surface area contributed by atoms with Crippen LogP contribution in [0.2, 0.25) is 0 Å². The molecule has 2 aliphatic carbocycles. The van der Waals surface area contributed by atoms with E-state index in [1.807, 2.05) is 11.6 Å². The van der Waals surface area contributed by atoms with Crippen molar-refractivity contribution in [1.82, 2.24) is 29.9 Å². The number of aromatic nitrogens is 6. The monoisotopic (exact) mass is 402 g/mol. The Morgan fingerprint density at radius 1 is 1.21 bits per heavy atom. The van der Waals surface area contributed by atoms with Gasteiger partial charge in [-0.3, -0.25) is 4.79 Å². The molecule has 0 saturated heterocycles. The van der Waals surface area contributed by atoms with Crippen LogP contribution in [0.3, 0.4) is 0 Å². The summed E-state index contributed by atoms with van der Waals surface area (Å²) in [4.78, 5) is 20.4. The maximum Gasteiger partial charge on any atom is 0.262 e. The molecule has 2 fully saturated rings. The molecule has 2 aliphatic rings. The van der Waals surface area contributed by atoms with E-state index >= 15 is 0 Å². The number of H-pyrrole nitrogens is 1. The molecule has 7 nitrogen and oxygen atoms in total. The summed E-state index contributed by atoms with van der Waals surface area (Å²) in [7, 11) is 0. The largest absolute Gasteiger partial charge is 0.310 e. The van der Waals surface area contributed by atoms with E-state index in [0.717, 1.165) is 22.9 Å². The SMILES string of the molecule is Cc1nnc(C2CCC2c2nc3c(cnn3C3CCC(C)(F)CC3)c(=O)[nH]2)s1. The molecule has 0 radical (unpaired) electrons. The van der Waals surface area contributed by atoms with Crippen LogP contribution in [0, 0.1) is 6.92 Å². The van der Waals surface area contributed by atoms with Gasteiger partial charge in [0.05, 0.1) is 12.2 Å². The third kappa shape index (κ3) is 2.96. The number of rotatable bonds is 3. The van der Waals surface area contributed by atoms with Crippen LogP contribution in [0.25, 0.3) is 11.0 Å². The zero-order valence-electron chi connectivity index (χ0n) is 16.0. The van der Waals surface area contributed by atoms with Gasteiger partial charge in [0, 0.05) is 11.8 Å². The van der Waals surface area contributed by atoms with Gasteiger partial charge in [0.1, 0.15) is 26.9 Å². The number of hydrogen-bond acceptors (Lipinski definition) is 6. The Kier molecular flexibility index (Phi) is 4.12. The second-order valence-corrected chi connectivity index (χ2v) is 9.58. The standard InChI is InChI=1S/C19H23FN6OS/c1-10-24-25-18(28-10)13-4-3-12(13)15-22-16-14(17(27)23-15)9-21-26(16)11-5-7-19(2,20)8-6-11/h9,11-13H,3-8H2,1-2H3,(H,22,23,27). The van der Waals surface area contributed by atoms with Crippen LogP contribution in [-0.2, 0) is 0 Å². The van der Waals surface area contributed by atoms with Gasteiger partial charge in [0.2, 0.25) is 0 Å². The lowest BCUT2D eigenvalue weighted by Gasteiger charge is -2.34.